The number of carbonyl (C=O) groups excluding carboxylic acids is 5. The molecule has 0 radical (unpaired) electrons. The number of aromatic nitrogens is 1. The Bertz CT molecular complexity index is 1520. The van der Waals surface area contributed by atoms with E-state index >= 15 is 0 Å². The van der Waals surface area contributed by atoms with Gasteiger partial charge in [-0.05, 0) is 75.3 Å². The molecule has 2 aromatic rings. The smallest absolute Gasteiger partial charge is 0.313 e. The average Bonchev–Trinajstić information content (AvgIpc) is 3.56. The van der Waals surface area contributed by atoms with Crippen LogP contribution in [-0.4, -0.2) is 74.0 Å². The Labute approximate surface area is 334 Å². The van der Waals surface area contributed by atoms with Crippen molar-refractivity contribution in [1.29, 1.82) is 0 Å². The molecule has 12 nitrogen and oxygen atoms in total. The van der Waals surface area contributed by atoms with Crippen LogP contribution in [0.4, 0.5) is 0 Å². The Morgan fingerprint density at radius 1 is 0.857 bits per heavy atom. The molecule has 3 N–H and O–H groups in total. The van der Waals surface area contributed by atoms with Crippen molar-refractivity contribution in [2.75, 3.05) is 33.8 Å². The highest BCUT2D eigenvalue weighted by Crippen LogP contribution is 2.44. The molecule has 0 saturated heterocycles. The van der Waals surface area contributed by atoms with Crippen molar-refractivity contribution in [2.24, 2.45) is 41.2 Å². The van der Waals surface area contributed by atoms with E-state index in [1.54, 1.807) is 55.1 Å². The molecule has 0 spiro atoms. The fraction of sp³-hybridized carbons (Fsp3) is 0.636. The van der Waals surface area contributed by atoms with Crippen LogP contribution < -0.4 is 20.7 Å². The summed E-state index contributed by atoms with van der Waals surface area (Å²) in [6, 6.07) is 13.8. The molecule has 0 bridgehead atoms. The number of pyridine rings is 1. The first kappa shape index (κ1) is 46.1. The summed E-state index contributed by atoms with van der Waals surface area (Å²) in [4.78, 5) is 65.6. The largest absolute Gasteiger partial charge is 0.550 e. The molecule has 1 heterocycles. The molecule has 310 valence electrons. The molecule has 1 aliphatic rings. The fourth-order valence-electron chi connectivity index (χ4n) is 8.05. The SMILES string of the molecule is CCCCCCCC[N+](C)(C)CCOC(=O)C(C)CC(CC1CC(NC(=O)c2ccccc2)CC1C(CC(CC)C(N)=O)C(=O)[O-])C(=O)OC[n+]1ccccc1. The zero-order chi connectivity index (χ0) is 41.1. The highest BCUT2D eigenvalue weighted by molar-refractivity contribution is 5.94. The van der Waals surface area contributed by atoms with Gasteiger partial charge in [0.15, 0.2) is 12.4 Å². The zero-order valence-corrected chi connectivity index (χ0v) is 34.4. The number of nitrogens with one attached hydrogen (secondary N) is 1. The van der Waals surface area contributed by atoms with Crippen LogP contribution in [0.3, 0.4) is 0 Å². The maximum absolute atomic E-state index is 13.9. The molecule has 2 amide bonds. The fourth-order valence-corrected chi connectivity index (χ4v) is 8.05. The number of amides is 2. The number of carboxylic acid groups (broad SMARTS) is 1. The van der Waals surface area contributed by atoms with E-state index in [9.17, 15) is 29.1 Å². The number of unbranched alkanes of at least 4 members (excludes halogenated alkanes) is 5. The molecule has 56 heavy (non-hydrogen) atoms. The van der Waals surface area contributed by atoms with Crippen LogP contribution in [0.1, 0.15) is 108 Å². The van der Waals surface area contributed by atoms with E-state index in [0.29, 0.717) is 31.4 Å². The average molecular weight is 780 g/mol. The van der Waals surface area contributed by atoms with Crippen LogP contribution in [0.5, 0.6) is 0 Å². The Kier molecular flexibility index (Phi) is 19.5. The van der Waals surface area contributed by atoms with Crippen molar-refractivity contribution in [1.82, 2.24) is 5.32 Å². The third-order valence-corrected chi connectivity index (χ3v) is 11.5. The molecule has 7 unspecified atom stereocenters. The highest BCUT2D eigenvalue weighted by atomic mass is 16.5. The second-order valence-corrected chi connectivity index (χ2v) is 16.5. The summed E-state index contributed by atoms with van der Waals surface area (Å²) in [5.41, 5.74) is 6.13. The van der Waals surface area contributed by atoms with Gasteiger partial charge in [0.25, 0.3) is 12.6 Å². The van der Waals surface area contributed by atoms with Crippen LogP contribution in [0.2, 0.25) is 0 Å². The van der Waals surface area contributed by atoms with Gasteiger partial charge in [-0.25, -0.2) is 0 Å². The lowest BCUT2D eigenvalue weighted by atomic mass is 9.74. The minimum atomic E-state index is -1.30. The summed E-state index contributed by atoms with van der Waals surface area (Å²) in [7, 11) is 4.28. The van der Waals surface area contributed by atoms with Gasteiger partial charge in [0.05, 0.1) is 32.5 Å². The topological polar surface area (TPSA) is 169 Å². The summed E-state index contributed by atoms with van der Waals surface area (Å²) >= 11 is 0. The highest BCUT2D eigenvalue weighted by Gasteiger charge is 2.43. The van der Waals surface area contributed by atoms with Gasteiger partial charge in [0, 0.05) is 41.5 Å². The molecule has 12 heteroatoms. The summed E-state index contributed by atoms with van der Waals surface area (Å²) < 4.78 is 14.0. The van der Waals surface area contributed by atoms with Gasteiger partial charge in [0.2, 0.25) is 5.91 Å². The number of benzene rings is 1. The second kappa shape index (κ2) is 23.7. The minimum absolute atomic E-state index is 0.00904. The Morgan fingerprint density at radius 3 is 2.16 bits per heavy atom. The van der Waals surface area contributed by atoms with Crippen LogP contribution >= 0.6 is 0 Å². The number of aliphatic carboxylic acids is 1. The van der Waals surface area contributed by atoms with Crippen LogP contribution in [0.15, 0.2) is 60.9 Å². The first-order valence-electron chi connectivity index (χ1n) is 20.7. The minimum Gasteiger partial charge on any atom is -0.550 e. The molecule has 0 aliphatic heterocycles. The van der Waals surface area contributed by atoms with Crippen LogP contribution in [0.25, 0.3) is 0 Å². The number of hydrogen-bond donors (Lipinski definition) is 2. The first-order chi connectivity index (χ1) is 26.7. The summed E-state index contributed by atoms with van der Waals surface area (Å²) in [5.74, 6) is -7.16. The molecule has 1 aromatic carbocycles. The van der Waals surface area contributed by atoms with Gasteiger partial charge in [-0.1, -0.05) is 70.7 Å². The predicted octanol–water partition coefficient (Wildman–Crippen LogP) is 4.58. The predicted molar refractivity (Wildman–Crippen MR) is 211 cm³/mol. The van der Waals surface area contributed by atoms with Crippen molar-refractivity contribution in [3.63, 3.8) is 0 Å². The number of esters is 2. The number of likely N-dealkylation sites (N-methyl/N-ethyl adjacent to an activating group) is 1. The van der Waals surface area contributed by atoms with E-state index in [-0.39, 0.29) is 44.4 Å². The van der Waals surface area contributed by atoms with Crippen LogP contribution in [-0.2, 0) is 35.4 Å². The van der Waals surface area contributed by atoms with Gasteiger partial charge in [-0.2, -0.15) is 4.57 Å². The number of carbonyl (C=O) groups is 5. The molecule has 1 fully saturated rings. The molecular formula is C44H67N4O8+. The summed E-state index contributed by atoms with van der Waals surface area (Å²) in [6.07, 6.45) is 12.2. The number of nitrogens with two attached hydrogens (primary N) is 1. The van der Waals surface area contributed by atoms with E-state index < -0.39 is 59.4 Å². The lowest BCUT2D eigenvalue weighted by molar-refractivity contribution is -0.890. The van der Waals surface area contributed by atoms with Gasteiger partial charge in [-0.3, -0.25) is 19.2 Å². The van der Waals surface area contributed by atoms with Gasteiger partial charge >= 0.3 is 11.9 Å². The standard InChI is InChI=1S/C44H66N4O8/c1-6-8-9-10-11-18-23-48(4,5)24-25-55-43(53)32(3)26-36(44(54)56-31-47-21-16-13-17-22-47)27-35-28-37(46-41(50)34-19-14-12-15-20-34)30-38(35)39(42(51)52)29-33(7-2)40(45)49/h12-17,19-22,32-33,35-39H,6-11,18,23-31H2,1-5H3,(H2-2,45,46,49,50,51,52)/p+1. The number of rotatable bonds is 26. The number of ether oxygens (including phenoxy) is 2. The number of carboxylic acids is 1. The lowest BCUT2D eigenvalue weighted by Gasteiger charge is -2.33. The van der Waals surface area contributed by atoms with Crippen molar-refractivity contribution in [3.05, 3.63) is 66.5 Å². The second-order valence-electron chi connectivity index (χ2n) is 16.5. The number of primary amides is 1. The zero-order valence-electron chi connectivity index (χ0n) is 34.4. The quantitative estimate of drug-likeness (QED) is 0.0606. The van der Waals surface area contributed by atoms with E-state index in [1.165, 1.54) is 32.1 Å². The Hall–Kier alpha value is -4.32. The van der Waals surface area contributed by atoms with Gasteiger partial charge in [0.1, 0.15) is 13.2 Å². The van der Waals surface area contributed by atoms with Crippen molar-refractivity contribution >= 4 is 29.7 Å². The lowest BCUT2D eigenvalue weighted by Crippen LogP contribution is -2.43. The normalized spacial score (nSPS) is 19.0. The van der Waals surface area contributed by atoms with E-state index in [0.717, 1.165) is 17.4 Å². The molecule has 7 atom stereocenters. The van der Waals surface area contributed by atoms with Crippen LogP contribution in [0, 0.1) is 35.5 Å². The third-order valence-electron chi connectivity index (χ3n) is 11.5. The van der Waals surface area contributed by atoms with E-state index in [2.05, 4.69) is 26.3 Å². The monoisotopic (exact) mass is 779 g/mol. The molecular weight excluding hydrogens is 713 g/mol. The number of quaternary nitrogens is 1. The van der Waals surface area contributed by atoms with E-state index in [4.69, 9.17) is 15.2 Å². The van der Waals surface area contributed by atoms with Gasteiger partial charge < -0.3 is 34.9 Å². The molecule has 3 rings (SSSR count). The summed E-state index contributed by atoms with van der Waals surface area (Å²) in [6.45, 7) is 7.61. The molecule has 1 aliphatic carbocycles. The van der Waals surface area contributed by atoms with Crippen molar-refractivity contribution in [2.45, 2.75) is 111 Å². The van der Waals surface area contributed by atoms with Crippen molar-refractivity contribution < 1.29 is 47.6 Å². The van der Waals surface area contributed by atoms with E-state index in [1.807, 2.05) is 24.3 Å². The summed E-state index contributed by atoms with van der Waals surface area (Å²) in [5, 5.41) is 15.8. The number of hydrogen-bond acceptors (Lipinski definition) is 8. The van der Waals surface area contributed by atoms with Gasteiger partial charge in [-0.15, -0.1) is 0 Å². The molecule has 1 aromatic heterocycles. The Balaban J connectivity index is 1.79. The maximum Gasteiger partial charge on any atom is 0.313 e. The Morgan fingerprint density at radius 2 is 1.52 bits per heavy atom. The first-order valence-corrected chi connectivity index (χ1v) is 20.7. The maximum atomic E-state index is 13.9. The molecule has 1 saturated carbocycles. The van der Waals surface area contributed by atoms with Crippen molar-refractivity contribution in [3.8, 4) is 0 Å². The third kappa shape index (κ3) is 15.7. The number of nitrogens with zero attached hydrogens (tertiary/aromatic N) is 2.